The number of carbonyl (C=O) groups is 1. The molecule has 0 saturated carbocycles. The molecule has 1 fully saturated rings. The SMILES string of the molecule is C[C@H]1CN(C(=O)c2cccc(Cl)c2F)CCN1. The van der Waals surface area contributed by atoms with E-state index in [2.05, 4.69) is 5.32 Å². The number of benzene rings is 1. The fourth-order valence-corrected chi connectivity index (χ4v) is 2.13. The number of amides is 1. The first-order chi connectivity index (χ1) is 8.09. The molecule has 0 spiro atoms. The third-order valence-electron chi connectivity index (χ3n) is 2.84. The van der Waals surface area contributed by atoms with Gasteiger partial charge in [0.25, 0.3) is 5.91 Å². The zero-order valence-electron chi connectivity index (χ0n) is 9.54. The molecule has 0 aliphatic carbocycles. The Balaban J connectivity index is 2.22. The smallest absolute Gasteiger partial charge is 0.256 e. The summed E-state index contributed by atoms with van der Waals surface area (Å²) in [4.78, 5) is 13.8. The lowest BCUT2D eigenvalue weighted by molar-refractivity contribution is 0.0704. The Bertz CT molecular complexity index is 439. The standard InChI is InChI=1S/C12H14ClFN2O/c1-8-7-16(6-5-15-8)12(17)9-3-2-4-10(13)11(9)14/h2-4,8,15H,5-7H2,1H3/t8-/m0/s1. The van der Waals surface area contributed by atoms with Crippen molar-refractivity contribution >= 4 is 17.5 Å². The first-order valence-corrected chi connectivity index (χ1v) is 5.94. The van der Waals surface area contributed by atoms with Crippen molar-refractivity contribution in [2.75, 3.05) is 19.6 Å². The maximum atomic E-state index is 13.7. The van der Waals surface area contributed by atoms with Crippen molar-refractivity contribution < 1.29 is 9.18 Å². The number of halogens is 2. The van der Waals surface area contributed by atoms with Gasteiger partial charge in [0.1, 0.15) is 0 Å². The Morgan fingerprint density at radius 3 is 3.06 bits per heavy atom. The fourth-order valence-electron chi connectivity index (χ4n) is 1.96. The van der Waals surface area contributed by atoms with Gasteiger partial charge >= 0.3 is 0 Å². The van der Waals surface area contributed by atoms with Gasteiger partial charge in [-0.25, -0.2) is 4.39 Å². The minimum atomic E-state index is -0.634. The molecule has 3 nitrogen and oxygen atoms in total. The predicted octanol–water partition coefficient (Wildman–Crippen LogP) is 1.91. The van der Waals surface area contributed by atoms with E-state index in [1.165, 1.54) is 12.1 Å². The highest BCUT2D eigenvalue weighted by Crippen LogP contribution is 2.19. The Morgan fingerprint density at radius 2 is 2.35 bits per heavy atom. The maximum Gasteiger partial charge on any atom is 0.256 e. The van der Waals surface area contributed by atoms with Gasteiger partial charge in [0, 0.05) is 25.7 Å². The van der Waals surface area contributed by atoms with Crippen LogP contribution in [0, 0.1) is 5.82 Å². The Kier molecular flexibility index (Phi) is 3.64. The van der Waals surface area contributed by atoms with Gasteiger partial charge in [-0.1, -0.05) is 17.7 Å². The van der Waals surface area contributed by atoms with E-state index in [9.17, 15) is 9.18 Å². The van der Waals surface area contributed by atoms with Crippen LogP contribution < -0.4 is 5.32 Å². The molecule has 1 amide bonds. The van der Waals surface area contributed by atoms with Gasteiger partial charge in [-0.2, -0.15) is 0 Å². The van der Waals surface area contributed by atoms with Crippen molar-refractivity contribution in [3.05, 3.63) is 34.6 Å². The van der Waals surface area contributed by atoms with Crippen LogP contribution in [-0.2, 0) is 0 Å². The highest BCUT2D eigenvalue weighted by atomic mass is 35.5. The van der Waals surface area contributed by atoms with Crippen LogP contribution >= 0.6 is 11.6 Å². The van der Waals surface area contributed by atoms with Gasteiger partial charge in [0.2, 0.25) is 0 Å². The van der Waals surface area contributed by atoms with Crippen LogP contribution in [0.25, 0.3) is 0 Å². The molecule has 17 heavy (non-hydrogen) atoms. The van der Waals surface area contributed by atoms with Crippen molar-refractivity contribution in [3.63, 3.8) is 0 Å². The second kappa shape index (κ2) is 5.02. The largest absolute Gasteiger partial charge is 0.336 e. The number of rotatable bonds is 1. The molecular formula is C12H14ClFN2O. The van der Waals surface area contributed by atoms with Crippen molar-refractivity contribution in [2.24, 2.45) is 0 Å². The minimum absolute atomic E-state index is 0.0148. The van der Waals surface area contributed by atoms with E-state index in [-0.39, 0.29) is 22.5 Å². The van der Waals surface area contributed by atoms with Crippen molar-refractivity contribution in [1.29, 1.82) is 0 Å². The lowest BCUT2D eigenvalue weighted by Crippen LogP contribution is -2.51. The number of piperazine rings is 1. The molecule has 1 atom stereocenters. The summed E-state index contributed by atoms with van der Waals surface area (Å²) in [5.74, 6) is -0.927. The fraction of sp³-hybridized carbons (Fsp3) is 0.417. The van der Waals surface area contributed by atoms with Crippen molar-refractivity contribution in [1.82, 2.24) is 10.2 Å². The molecule has 2 rings (SSSR count). The second-order valence-electron chi connectivity index (χ2n) is 4.21. The van der Waals surface area contributed by atoms with Crippen LogP contribution in [0.5, 0.6) is 0 Å². The van der Waals surface area contributed by atoms with Gasteiger partial charge in [-0.05, 0) is 19.1 Å². The molecule has 92 valence electrons. The lowest BCUT2D eigenvalue weighted by Gasteiger charge is -2.32. The van der Waals surface area contributed by atoms with E-state index in [0.717, 1.165) is 6.54 Å². The zero-order valence-corrected chi connectivity index (χ0v) is 10.3. The van der Waals surface area contributed by atoms with Crippen molar-refractivity contribution in [2.45, 2.75) is 13.0 Å². The van der Waals surface area contributed by atoms with Gasteiger partial charge in [-0.15, -0.1) is 0 Å². The van der Waals surface area contributed by atoms with Gasteiger partial charge < -0.3 is 10.2 Å². The maximum absolute atomic E-state index is 13.7. The first kappa shape index (κ1) is 12.3. The van der Waals surface area contributed by atoms with Crippen LogP contribution in [0.2, 0.25) is 5.02 Å². The highest BCUT2D eigenvalue weighted by Gasteiger charge is 2.24. The van der Waals surface area contributed by atoms with Crippen LogP contribution in [0.15, 0.2) is 18.2 Å². The van der Waals surface area contributed by atoms with E-state index in [1.807, 2.05) is 6.92 Å². The average Bonchev–Trinajstić information content (AvgIpc) is 2.32. The van der Waals surface area contributed by atoms with Gasteiger partial charge in [0.05, 0.1) is 10.6 Å². The quantitative estimate of drug-likeness (QED) is 0.833. The molecule has 1 aromatic rings. The van der Waals surface area contributed by atoms with E-state index >= 15 is 0 Å². The molecule has 0 bridgehead atoms. The lowest BCUT2D eigenvalue weighted by atomic mass is 10.1. The molecule has 0 radical (unpaired) electrons. The number of carbonyl (C=O) groups excluding carboxylic acids is 1. The van der Waals surface area contributed by atoms with Crippen LogP contribution in [-0.4, -0.2) is 36.5 Å². The molecule has 1 aromatic carbocycles. The predicted molar refractivity (Wildman–Crippen MR) is 64.8 cm³/mol. The topological polar surface area (TPSA) is 32.3 Å². The number of nitrogens with zero attached hydrogens (tertiary/aromatic N) is 1. The van der Waals surface area contributed by atoms with Crippen LogP contribution in [0.4, 0.5) is 4.39 Å². The minimum Gasteiger partial charge on any atom is -0.336 e. The highest BCUT2D eigenvalue weighted by molar-refractivity contribution is 6.31. The summed E-state index contributed by atoms with van der Waals surface area (Å²) in [6.45, 7) is 3.91. The van der Waals surface area contributed by atoms with E-state index in [0.29, 0.717) is 13.1 Å². The monoisotopic (exact) mass is 256 g/mol. The van der Waals surface area contributed by atoms with Crippen LogP contribution in [0.3, 0.4) is 0 Å². The molecule has 1 N–H and O–H groups in total. The Morgan fingerprint density at radius 1 is 1.59 bits per heavy atom. The molecule has 1 aliphatic heterocycles. The summed E-state index contributed by atoms with van der Waals surface area (Å²) in [5.41, 5.74) is 0.0478. The first-order valence-electron chi connectivity index (χ1n) is 5.56. The van der Waals surface area contributed by atoms with Gasteiger partial charge in [0.15, 0.2) is 5.82 Å². The van der Waals surface area contributed by atoms with Gasteiger partial charge in [-0.3, -0.25) is 4.79 Å². The van der Waals surface area contributed by atoms with E-state index in [4.69, 9.17) is 11.6 Å². The number of hydrogen-bond acceptors (Lipinski definition) is 2. The normalized spacial score (nSPS) is 20.4. The summed E-state index contributed by atoms with van der Waals surface area (Å²) in [6, 6.07) is 4.73. The molecule has 1 heterocycles. The molecule has 0 aromatic heterocycles. The summed E-state index contributed by atoms with van der Waals surface area (Å²) >= 11 is 5.67. The van der Waals surface area contributed by atoms with Crippen LogP contribution in [0.1, 0.15) is 17.3 Å². The second-order valence-corrected chi connectivity index (χ2v) is 4.61. The number of hydrogen-bond donors (Lipinski definition) is 1. The molecule has 1 saturated heterocycles. The van der Waals surface area contributed by atoms with E-state index in [1.54, 1.807) is 11.0 Å². The van der Waals surface area contributed by atoms with Crippen molar-refractivity contribution in [3.8, 4) is 0 Å². The van der Waals surface area contributed by atoms with E-state index < -0.39 is 5.82 Å². The third-order valence-corrected chi connectivity index (χ3v) is 3.13. The molecular weight excluding hydrogens is 243 g/mol. The Hall–Kier alpha value is -1.13. The zero-order chi connectivity index (χ0) is 12.4. The summed E-state index contributed by atoms with van der Waals surface area (Å²) < 4.78 is 13.7. The Labute approximate surface area is 105 Å². The summed E-state index contributed by atoms with van der Waals surface area (Å²) in [5, 5.41) is 3.22. The number of nitrogens with one attached hydrogen (secondary N) is 1. The average molecular weight is 257 g/mol. The third kappa shape index (κ3) is 2.58. The molecule has 1 aliphatic rings. The summed E-state index contributed by atoms with van der Waals surface area (Å²) in [6.07, 6.45) is 0. The summed E-state index contributed by atoms with van der Waals surface area (Å²) in [7, 11) is 0. The molecule has 5 heteroatoms. The molecule has 0 unspecified atom stereocenters.